The molecular formula is C16H20N2O. The highest BCUT2D eigenvalue weighted by molar-refractivity contribution is 6.09. The van der Waals surface area contributed by atoms with E-state index in [-0.39, 0.29) is 11.7 Å². The van der Waals surface area contributed by atoms with Gasteiger partial charge in [-0.25, -0.2) is 0 Å². The third kappa shape index (κ3) is 2.19. The van der Waals surface area contributed by atoms with Crippen LogP contribution in [0.25, 0.3) is 10.9 Å². The van der Waals surface area contributed by atoms with Crippen molar-refractivity contribution in [2.45, 2.75) is 26.2 Å². The molecule has 0 radical (unpaired) electrons. The first kappa shape index (κ1) is 12.4. The van der Waals surface area contributed by atoms with Crippen LogP contribution in [0, 0.1) is 5.92 Å². The fourth-order valence-electron chi connectivity index (χ4n) is 3.01. The lowest BCUT2D eigenvalue weighted by Gasteiger charge is -2.21. The number of carbonyl (C=O) groups is 1. The highest BCUT2D eigenvalue weighted by Crippen LogP contribution is 2.26. The summed E-state index contributed by atoms with van der Waals surface area (Å²) >= 11 is 0. The van der Waals surface area contributed by atoms with E-state index in [1.807, 2.05) is 12.3 Å². The molecule has 1 fully saturated rings. The van der Waals surface area contributed by atoms with E-state index in [9.17, 15) is 4.79 Å². The molecule has 2 aromatic rings. The van der Waals surface area contributed by atoms with E-state index in [2.05, 4.69) is 29.4 Å². The van der Waals surface area contributed by atoms with Gasteiger partial charge in [-0.15, -0.1) is 0 Å². The molecule has 3 rings (SSSR count). The summed E-state index contributed by atoms with van der Waals surface area (Å²) in [6.45, 7) is 4.00. The second kappa shape index (κ2) is 5.17. The highest BCUT2D eigenvalue weighted by Gasteiger charge is 2.24. The maximum absolute atomic E-state index is 12.6. The molecule has 19 heavy (non-hydrogen) atoms. The molecule has 2 N–H and O–H groups in total. The van der Waals surface area contributed by atoms with Crippen molar-refractivity contribution in [2.24, 2.45) is 5.92 Å². The van der Waals surface area contributed by atoms with Crippen LogP contribution in [-0.4, -0.2) is 23.9 Å². The standard InChI is InChI=1S/C16H20N2O/c1-2-11-5-3-7-13-14(10-18-15(11)13)16(19)12-6-4-8-17-9-12/h3,5,7,10,12,17-18H,2,4,6,8-9H2,1H3. The van der Waals surface area contributed by atoms with E-state index in [0.717, 1.165) is 48.8 Å². The van der Waals surface area contributed by atoms with E-state index in [4.69, 9.17) is 0 Å². The summed E-state index contributed by atoms with van der Waals surface area (Å²) in [4.78, 5) is 15.9. The van der Waals surface area contributed by atoms with Gasteiger partial charge in [-0.2, -0.15) is 0 Å². The predicted molar refractivity (Wildman–Crippen MR) is 77.6 cm³/mol. The molecule has 1 aliphatic rings. The van der Waals surface area contributed by atoms with Gasteiger partial charge in [0.15, 0.2) is 5.78 Å². The third-order valence-electron chi connectivity index (χ3n) is 4.12. The van der Waals surface area contributed by atoms with Crippen molar-refractivity contribution in [3.05, 3.63) is 35.5 Å². The number of para-hydroxylation sites is 1. The van der Waals surface area contributed by atoms with Gasteiger partial charge in [0.05, 0.1) is 0 Å². The number of aromatic amines is 1. The average Bonchev–Trinajstić information content (AvgIpc) is 2.91. The highest BCUT2D eigenvalue weighted by atomic mass is 16.1. The first-order chi connectivity index (χ1) is 9.31. The van der Waals surface area contributed by atoms with Gasteiger partial charge in [0.1, 0.15) is 0 Å². The fourth-order valence-corrected chi connectivity index (χ4v) is 3.01. The van der Waals surface area contributed by atoms with Crippen LogP contribution < -0.4 is 5.32 Å². The first-order valence-corrected chi connectivity index (χ1v) is 7.15. The first-order valence-electron chi connectivity index (χ1n) is 7.15. The summed E-state index contributed by atoms with van der Waals surface area (Å²) in [7, 11) is 0. The van der Waals surface area contributed by atoms with Gasteiger partial charge in [-0.3, -0.25) is 4.79 Å². The summed E-state index contributed by atoms with van der Waals surface area (Å²) in [6.07, 6.45) is 4.97. The monoisotopic (exact) mass is 256 g/mol. The topological polar surface area (TPSA) is 44.9 Å². The van der Waals surface area contributed by atoms with Crippen LogP contribution in [0.3, 0.4) is 0 Å². The Balaban J connectivity index is 1.98. The summed E-state index contributed by atoms with van der Waals surface area (Å²) in [5.74, 6) is 0.421. The molecule has 1 unspecified atom stereocenters. The fraction of sp³-hybridized carbons (Fsp3) is 0.438. The Morgan fingerprint density at radius 1 is 1.42 bits per heavy atom. The predicted octanol–water partition coefficient (Wildman–Crippen LogP) is 2.91. The molecule has 1 atom stereocenters. The minimum absolute atomic E-state index is 0.137. The molecule has 3 nitrogen and oxygen atoms in total. The van der Waals surface area contributed by atoms with E-state index >= 15 is 0 Å². The van der Waals surface area contributed by atoms with Crippen molar-refractivity contribution >= 4 is 16.7 Å². The number of Topliss-reactive ketones (excluding diaryl/α,β-unsaturated/α-hetero) is 1. The quantitative estimate of drug-likeness (QED) is 0.829. The summed E-state index contributed by atoms with van der Waals surface area (Å²) < 4.78 is 0. The Morgan fingerprint density at radius 2 is 2.32 bits per heavy atom. The largest absolute Gasteiger partial charge is 0.360 e. The lowest BCUT2D eigenvalue weighted by Crippen LogP contribution is -2.34. The van der Waals surface area contributed by atoms with Gasteiger partial charge in [0, 0.05) is 35.1 Å². The summed E-state index contributed by atoms with van der Waals surface area (Å²) in [5.41, 5.74) is 3.26. The molecule has 1 aromatic heterocycles. The van der Waals surface area contributed by atoms with Crippen LogP contribution >= 0.6 is 0 Å². The van der Waals surface area contributed by atoms with Gasteiger partial charge >= 0.3 is 0 Å². The SMILES string of the molecule is CCc1cccc2c(C(=O)C3CCCNC3)c[nH]c12. The van der Waals surface area contributed by atoms with Crippen LogP contribution in [0.2, 0.25) is 0 Å². The average molecular weight is 256 g/mol. The molecule has 0 amide bonds. The maximum Gasteiger partial charge on any atom is 0.169 e. The van der Waals surface area contributed by atoms with Crippen LogP contribution in [0.4, 0.5) is 0 Å². The van der Waals surface area contributed by atoms with Crippen LogP contribution in [0.15, 0.2) is 24.4 Å². The number of nitrogens with one attached hydrogen (secondary N) is 2. The molecular weight excluding hydrogens is 236 g/mol. The number of rotatable bonds is 3. The third-order valence-corrected chi connectivity index (χ3v) is 4.12. The van der Waals surface area contributed by atoms with Crippen molar-refractivity contribution in [2.75, 3.05) is 13.1 Å². The maximum atomic E-state index is 12.6. The van der Waals surface area contributed by atoms with Gasteiger partial charge in [-0.05, 0) is 31.4 Å². The lowest BCUT2D eigenvalue weighted by atomic mass is 9.90. The Morgan fingerprint density at radius 3 is 3.05 bits per heavy atom. The minimum Gasteiger partial charge on any atom is -0.360 e. The summed E-state index contributed by atoms with van der Waals surface area (Å²) in [6, 6.07) is 6.22. The van der Waals surface area contributed by atoms with Gasteiger partial charge < -0.3 is 10.3 Å². The van der Waals surface area contributed by atoms with E-state index < -0.39 is 0 Å². The van der Waals surface area contributed by atoms with Crippen molar-refractivity contribution in [1.82, 2.24) is 10.3 Å². The molecule has 0 saturated carbocycles. The van der Waals surface area contributed by atoms with Gasteiger partial charge in [-0.1, -0.05) is 25.1 Å². The Hall–Kier alpha value is -1.61. The number of hydrogen-bond acceptors (Lipinski definition) is 2. The number of aryl methyl sites for hydroxylation is 1. The van der Waals surface area contributed by atoms with E-state index in [1.54, 1.807) is 0 Å². The molecule has 0 aliphatic carbocycles. The smallest absolute Gasteiger partial charge is 0.169 e. The molecule has 0 spiro atoms. The number of carbonyl (C=O) groups excluding carboxylic acids is 1. The number of H-pyrrole nitrogens is 1. The zero-order valence-corrected chi connectivity index (χ0v) is 11.3. The zero-order chi connectivity index (χ0) is 13.2. The minimum atomic E-state index is 0.137. The number of aromatic nitrogens is 1. The van der Waals surface area contributed by atoms with E-state index in [0.29, 0.717) is 0 Å². The number of ketones is 1. The molecule has 100 valence electrons. The van der Waals surface area contributed by atoms with Crippen LogP contribution in [-0.2, 0) is 6.42 Å². The normalized spacial score (nSPS) is 19.7. The molecule has 1 aromatic carbocycles. The second-order valence-corrected chi connectivity index (χ2v) is 5.30. The number of fused-ring (bicyclic) bond motifs is 1. The van der Waals surface area contributed by atoms with Crippen molar-refractivity contribution in [3.8, 4) is 0 Å². The van der Waals surface area contributed by atoms with Crippen LogP contribution in [0.1, 0.15) is 35.7 Å². The zero-order valence-electron chi connectivity index (χ0n) is 11.3. The van der Waals surface area contributed by atoms with Crippen LogP contribution in [0.5, 0.6) is 0 Å². The number of benzene rings is 1. The van der Waals surface area contributed by atoms with Gasteiger partial charge in [0.2, 0.25) is 0 Å². The van der Waals surface area contributed by atoms with Crippen molar-refractivity contribution in [3.63, 3.8) is 0 Å². The lowest BCUT2D eigenvalue weighted by molar-refractivity contribution is 0.0901. The molecule has 1 saturated heterocycles. The Kier molecular flexibility index (Phi) is 3.38. The van der Waals surface area contributed by atoms with Gasteiger partial charge in [0.25, 0.3) is 0 Å². The van der Waals surface area contributed by atoms with E-state index in [1.165, 1.54) is 5.56 Å². The van der Waals surface area contributed by atoms with Crippen molar-refractivity contribution in [1.29, 1.82) is 0 Å². The Bertz CT molecular complexity index is 594. The summed E-state index contributed by atoms with van der Waals surface area (Å²) in [5, 5.41) is 4.40. The Labute approximate surface area is 113 Å². The molecule has 0 bridgehead atoms. The molecule has 2 heterocycles. The molecule has 3 heteroatoms. The number of piperidine rings is 1. The van der Waals surface area contributed by atoms with Crippen molar-refractivity contribution < 1.29 is 4.79 Å². The number of hydrogen-bond donors (Lipinski definition) is 2. The second-order valence-electron chi connectivity index (χ2n) is 5.30. The molecule has 1 aliphatic heterocycles.